The van der Waals surface area contributed by atoms with Gasteiger partial charge >= 0.3 is 0 Å². The number of hydrogen-bond donors (Lipinski definition) is 1. The van der Waals surface area contributed by atoms with Gasteiger partial charge in [-0.15, -0.1) is 24.0 Å². The fourth-order valence-electron chi connectivity index (χ4n) is 2.55. The van der Waals surface area contributed by atoms with Crippen LogP contribution >= 0.6 is 24.0 Å². The third kappa shape index (κ3) is 7.07. The van der Waals surface area contributed by atoms with E-state index in [-0.39, 0.29) is 24.0 Å². The molecule has 0 saturated carbocycles. The average molecular weight is 435 g/mol. The van der Waals surface area contributed by atoms with Crippen LogP contribution < -0.4 is 5.32 Å². The van der Waals surface area contributed by atoms with Crippen molar-refractivity contribution in [2.24, 2.45) is 10.4 Å². The van der Waals surface area contributed by atoms with E-state index in [4.69, 9.17) is 4.52 Å². The first kappa shape index (κ1) is 20.2. The van der Waals surface area contributed by atoms with Crippen molar-refractivity contribution in [3.8, 4) is 0 Å². The summed E-state index contributed by atoms with van der Waals surface area (Å²) in [7, 11) is 1.86. The Hall–Kier alpha value is -0.830. The van der Waals surface area contributed by atoms with Crippen LogP contribution in [0.3, 0.4) is 0 Å². The molecule has 0 amide bonds. The molecule has 1 aliphatic heterocycles. The second-order valence-corrected chi connectivity index (χ2v) is 7.04. The van der Waals surface area contributed by atoms with Gasteiger partial charge in [0.15, 0.2) is 5.96 Å². The van der Waals surface area contributed by atoms with Crippen LogP contribution in [0.1, 0.15) is 32.9 Å². The molecule has 0 atom stereocenters. The van der Waals surface area contributed by atoms with Crippen LogP contribution in [0.5, 0.6) is 0 Å². The van der Waals surface area contributed by atoms with E-state index < -0.39 is 0 Å². The summed E-state index contributed by atoms with van der Waals surface area (Å²) in [6.07, 6.45) is 2.77. The van der Waals surface area contributed by atoms with Gasteiger partial charge in [-0.3, -0.25) is 9.89 Å². The lowest BCUT2D eigenvalue weighted by atomic mass is 9.92. The Morgan fingerprint density at radius 3 is 2.52 bits per heavy atom. The highest BCUT2D eigenvalue weighted by Gasteiger charge is 2.20. The van der Waals surface area contributed by atoms with Gasteiger partial charge in [0.1, 0.15) is 6.26 Å². The number of piperazine rings is 1. The predicted molar refractivity (Wildman–Crippen MR) is 104 cm³/mol. The smallest absolute Gasteiger partial charge is 0.193 e. The largest absolute Gasteiger partial charge is 0.364 e. The lowest BCUT2D eigenvalue weighted by molar-refractivity contribution is 0.169. The van der Waals surface area contributed by atoms with E-state index in [9.17, 15) is 0 Å². The summed E-state index contributed by atoms with van der Waals surface area (Å²) in [5, 5.41) is 7.46. The molecule has 2 rings (SSSR count). The molecule has 0 radical (unpaired) electrons. The van der Waals surface area contributed by atoms with Crippen LogP contribution in [0.25, 0.3) is 0 Å². The summed E-state index contributed by atoms with van der Waals surface area (Å²) in [4.78, 5) is 9.15. The molecule has 23 heavy (non-hydrogen) atoms. The van der Waals surface area contributed by atoms with E-state index in [0.717, 1.165) is 57.3 Å². The normalized spacial score (nSPS) is 17.0. The number of aliphatic imine (C=N–C) groups is 1. The van der Waals surface area contributed by atoms with Crippen molar-refractivity contribution in [2.75, 3.05) is 39.8 Å². The molecule has 0 unspecified atom stereocenters. The molecule has 0 aromatic carbocycles. The van der Waals surface area contributed by atoms with Gasteiger partial charge in [-0.05, 0) is 11.8 Å². The molecule has 1 aromatic rings. The Morgan fingerprint density at radius 1 is 1.30 bits per heavy atom. The Balaban J connectivity index is 0.00000264. The number of rotatable bonds is 4. The first-order valence-electron chi connectivity index (χ1n) is 8.05. The average Bonchev–Trinajstić information content (AvgIpc) is 2.97. The first-order chi connectivity index (χ1) is 10.5. The molecule has 1 N–H and O–H groups in total. The lowest BCUT2D eigenvalue weighted by Gasteiger charge is -2.36. The zero-order chi connectivity index (χ0) is 16.0. The second-order valence-electron chi connectivity index (χ2n) is 7.04. The summed E-state index contributed by atoms with van der Waals surface area (Å²) in [6, 6.07) is 1.93. The van der Waals surface area contributed by atoms with Crippen LogP contribution in [0.2, 0.25) is 0 Å². The zero-order valence-corrected chi connectivity index (χ0v) is 17.0. The van der Waals surface area contributed by atoms with Crippen molar-refractivity contribution in [3.05, 3.63) is 18.0 Å². The van der Waals surface area contributed by atoms with Crippen LogP contribution in [0.15, 0.2) is 21.8 Å². The van der Waals surface area contributed by atoms with Crippen molar-refractivity contribution in [2.45, 2.75) is 33.7 Å². The quantitative estimate of drug-likeness (QED) is 0.447. The second kappa shape index (κ2) is 9.46. The highest BCUT2D eigenvalue weighted by atomic mass is 127. The van der Waals surface area contributed by atoms with Crippen molar-refractivity contribution >= 4 is 29.9 Å². The van der Waals surface area contributed by atoms with Crippen molar-refractivity contribution in [1.82, 2.24) is 20.3 Å². The van der Waals surface area contributed by atoms with E-state index >= 15 is 0 Å². The Labute approximate surface area is 156 Å². The third-order valence-corrected chi connectivity index (χ3v) is 3.92. The molecule has 1 saturated heterocycles. The monoisotopic (exact) mass is 435 g/mol. The highest BCUT2D eigenvalue weighted by Crippen LogP contribution is 2.17. The van der Waals surface area contributed by atoms with Gasteiger partial charge in [0.05, 0.1) is 5.69 Å². The number of aromatic nitrogens is 1. The molecule has 2 heterocycles. The summed E-state index contributed by atoms with van der Waals surface area (Å²) >= 11 is 0. The van der Waals surface area contributed by atoms with E-state index in [0.29, 0.717) is 5.41 Å². The first-order valence-corrected chi connectivity index (χ1v) is 8.05. The lowest BCUT2D eigenvalue weighted by Crippen LogP contribution is -2.52. The topological polar surface area (TPSA) is 56.9 Å². The Morgan fingerprint density at radius 2 is 2.00 bits per heavy atom. The van der Waals surface area contributed by atoms with Crippen molar-refractivity contribution in [3.63, 3.8) is 0 Å². The summed E-state index contributed by atoms with van der Waals surface area (Å²) < 4.78 is 4.89. The fourth-order valence-corrected chi connectivity index (χ4v) is 2.55. The fraction of sp³-hybridized carbons (Fsp3) is 0.750. The number of halogens is 1. The van der Waals surface area contributed by atoms with E-state index in [1.807, 2.05) is 13.1 Å². The molecule has 0 aliphatic carbocycles. The third-order valence-electron chi connectivity index (χ3n) is 3.92. The summed E-state index contributed by atoms with van der Waals surface area (Å²) in [5.41, 5.74) is 1.35. The minimum absolute atomic E-state index is 0. The van der Waals surface area contributed by atoms with Crippen LogP contribution in [0, 0.1) is 5.41 Å². The number of hydrogen-bond acceptors (Lipinski definition) is 4. The van der Waals surface area contributed by atoms with Gasteiger partial charge in [0.2, 0.25) is 0 Å². The molecule has 7 heteroatoms. The molecule has 0 spiro atoms. The van der Waals surface area contributed by atoms with E-state index in [1.54, 1.807) is 6.26 Å². The van der Waals surface area contributed by atoms with Gasteiger partial charge in [-0.2, -0.15) is 0 Å². The minimum atomic E-state index is 0. The number of guanidine groups is 1. The van der Waals surface area contributed by atoms with Crippen LogP contribution in [-0.2, 0) is 6.54 Å². The Kier molecular flexibility index (Phi) is 8.32. The maximum atomic E-state index is 4.89. The Bertz CT molecular complexity index is 461. The van der Waals surface area contributed by atoms with Gasteiger partial charge in [-0.25, -0.2) is 0 Å². The molecular weight excluding hydrogens is 405 g/mol. The molecule has 1 aromatic heterocycles. The van der Waals surface area contributed by atoms with Gasteiger partial charge in [0, 0.05) is 52.4 Å². The standard InChI is InChI=1S/C16H29N5O.HI/c1-16(2,3)6-7-18-15(17-4)21-10-8-20(9-11-21)13-14-5-12-22-19-14;/h5,12H,6-11,13H2,1-4H3,(H,17,18);1H. The van der Waals surface area contributed by atoms with Crippen molar-refractivity contribution < 1.29 is 4.52 Å². The minimum Gasteiger partial charge on any atom is -0.364 e. The van der Waals surface area contributed by atoms with Gasteiger partial charge in [0.25, 0.3) is 0 Å². The zero-order valence-electron chi connectivity index (χ0n) is 14.7. The van der Waals surface area contributed by atoms with E-state index in [2.05, 4.69) is 46.0 Å². The number of nitrogens with one attached hydrogen (secondary N) is 1. The van der Waals surface area contributed by atoms with Crippen LogP contribution in [0.4, 0.5) is 0 Å². The van der Waals surface area contributed by atoms with E-state index in [1.165, 1.54) is 0 Å². The molecule has 132 valence electrons. The summed E-state index contributed by atoms with van der Waals surface area (Å²) in [5.74, 6) is 1.02. The maximum absolute atomic E-state index is 4.89. The SMILES string of the molecule is CN=C(NCCC(C)(C)C)N1CCN(Cc2ccon2)CC1.I. The predicted octanol–water partition coefficient (Wildman–Crippen LogP) is 2.42. The molecule has 6 nitrogen and oxygen atoms in total. The summed E-state index contributed by atoms with van der Waals surface area (Å²) in [6.45, 7) is 12.6. The highest BCUT2D eigenvalue weighted by molar-refractivity contribution is 14.0. The van der Waals surface area contributed by atoms with Gasteiger partial charge in [-0.1, -0.05) is 25.9 Å². The molecule has 0 bridgehead atoms. The molecular formula is C16H30IN5O. The van der Waals surface area contributed by atoms with Crippen LogP contribution in [-0.4, -0.2) is 60.7 Å². The van der Waals surface area contributed by atoms with Crippen molar-refractivity contribution in [1.29, 1.82) is 0 Å². The van der Waals surface area contributed by atoms with Gasteiger partial charge < -0.3 is 14.7 Å². The molecule has 1 fully saturated rings. The molecule has 1 aliphatic rings. The maximum Gasteiger partial charge on any atom is 0.193 e. The number of nitrogens with zero attached hydrogens (tertiary/aromatic N) is 4.